The Morgan fingerprint density at radius 2 is 2.18 bits per heavy atom. The molecule has 1 aromatic carbocycles. The smallest absolute Gasteiger partial charge is 0.254 e. The minimum atomic E-state index is -0.562. The van der Waals surface area contributed by atoms with Crippen LogP contribution in [0, 0.1) is 0 Å². The molecule has 0 bridgehead atoms. The summed E-state index contributed by atoms with van der Waals surface area (Å²) in [5, 5.41) is 9.94. The van der Waals surface area contributed by atoms with Gasteiger partial charge in [-0.1, -0.05) is 23.7 Å². The molecular weight excluding hydrogens is 325 g/mol. The zero-order valence-corrected chi connectivity index (χ0v) is 13.3. The fraction of sp³-hybridized carbons (Fsp3) is 0.267. The molecule has 2 heterocycles. The summed E-state index contributed by atoms with van der Waals surface area (Å²) in [6.07, 6.45) is 0.869. The molecule has 1 aliphatic heterocycles. The van der Waals surface area contributed by atoms with Crippen molar-refractivity contribution in [1.29, 1.82) is 0 Å². The molecule has 114 valence electrons. The third-order valence-corrected chi connectivity index (χ3v) is 3.92. The Hall–Kier alpha value is -1.69. The van der Waals surface area contributed by atoms with E-state index in [-0.39, 0.29) is 11.2 Å². The second-order valence-electron chi connectivity index (χ2n) is 5.24. The summed E-state index contributed by atoms with van der Waals surface area (Å²) in [6.45, 7) is 2.46. The lowest BCUT2D eigenvalue weighted by Crippen LogP contribution is -2.31. The minimum absolute atomic E-state index is 0.0990. The Morgan fingerprint density at radius 1 is 1.41 bits per heavy atom. The van der Waals surface area contributed by atoms with Crippen molar-refractivity contribution in [3.05, 3.63) is 45.8 Å². The summed E-state index contributed by atoms with van der Waals surface area (Å²) in [5.74, 6) is -0.103. The van der Waals surface area contributed by atoms with Gasteiger partial charge in [-0.05, 0) is 30.2 Å². The molecule has 0 spiro atoms. The molecule has 7 heteroatoms. The minimum Gasteiger partial charge on any atom is -0.392 e. The number of aliphatic hydroxyl groups is 1. The van der Waals surface area contributed by atoms with Gasteiger partial charge in [-0.25, -0.2) is 9.97 Å². The van der Waals surface area contributed by atoms with E-state index in [0.717, 1.165) is 5.56 Å². The molecule has 1 N–H and O–H groups in total. The van der Waals surface area contributed by atoms with Crippen LogP contribution in [0.15, 0.2) is 24.4 Å². The molecule has 0 aliphatic carbocycles. The molecule has 3 rings (SSSR count). The molecule has 1 unspecified atom stereocenters. The van der Waals surface area contributed by atoms with Crippen LogP contribution in [0.5, 0.6) is 0 Å². The van der Waals surface area contributed by atoms with Gasteiger partial charge in [-0.3, -0.25) is 4.79 Å². The second-order valence-corrected chi connectivity index (χ2v) is 5.99. The number of fused-ring (bicyclic) bond motifs is 1. The molecule has 1 atom stereocenters. The maximum absolute atomic E-state index is 12.4. The van der Waals surface area contributed by atoms with Gasteiger partial charge in [-0.15, -0.1) is 0 Å². The summed E-state index contributed by atoms with van der Waals surface area (Å²) in [7, 11) is 0. The summed E-state index contributed by atoms with van der Waals surface area (Å²) < 4.78 is 0. The largest absolute Gasteiger partial charge is 0.392 e. The van der Waals surface area contributed by atoms with Crippen LogP contribution in [0.2, 0.25) is 10.3 Å². The number of nitrogens with zero attached hydrogens (tertiary/aromatic N) is 3. The van der Waals surface area contributed by atoms with Crippen LogP contribution in [0.1, 0.15) is 22.8 Å². The number of carbonyl (C=O) groups excluding carboxylic acids is 1. The topological polar surface area (TPSA) is 66.3 Å². The second kappa shape index (κ2) is 5.83. The van der Waals surface area contributed by atoms with Gasteiger partial charge in [-0.2, -0.15) is 0 Å². The highest BCUT2D eigenvalue weighted by Gasteiger charge is 2.28. The monoisotopic (exact) mass is 337 g/mol. The highest BCUT2D eigenvalue weighted by atomic mass is 35.5. The van der Waals surface area contributed by atoms with Crippen molar-refractivity contribution < 1.29 is 9.90 Å². The molecule has 0 saturated heterocycles. The van der Waals surface area contributed by atoms with Crippen molar-refractivity contribution in [2.24, 2.45) is 0 Å². The van der Waals surface area contributed by atoms with E-state index >= 15 is 0 Å². The van der Waals surface area contributed by atoms with E-state index in [0.29, 0.717) is 34.9 Å². The molecule has 22 heavy (non-hydrogen) atoms. The fourth-order valence-corrected chi connectivity index (χ4v) is 2.86. The standard InChI is InChI=1S/C15H13Cl2N3O2/c1-8(21)6-20-7-10-3-2-9(4-11(10)14(20)22)13-12(16)5-18-15(17)19-13/h2-5,8,21H,6-7H2,1H3. The zero-order chi connectivity index (χ0) is 15.9. The van der Waals surface area contributed by atoms with Crippen molar-refractivity contribution in [2.75, 3.05) is 6.54 Å². The van der Waals surface area contributed by atoms with Gasteiger partial charge in [0.2, 0.25) is 5.28 Å². The van der Waals surface area contributed by atoms with Crippen molar-refractivity contribution in [1.82, 2.24) is 14.9 Å². The average Bonchev–Trinajstić information content (AvgIpc) is 2.77. The van der Waals surface area contributed by atoms with Gasteiger partial charge in [0.15, 0.2) is 0 Å². The van der Waals surface area contributed by atoms with Gasteiger partial charge >= 0.3 is 0 Å². The first kappa shape index (κ1) is 15.2. The molecule has 0 saturated carbocycles. The van der Waals surface area contributed by atoms with Crippen LogP contribution >= 0.6 is 23.2 Å². The van der Waals surface area contributed by atoms with E-state index in [2.05, 4.69) is 9.97 Å². The van der Waals surface area contributed by atoms with Crippen LogP contribution in [-0.4, -0.2) is 38.5 Å². The number of rotatable bonds is 3. The Bertz CT molecular complexity index is 750. The normalized spacial score (nSPS) is 15.1. The summed E-state index contributed by atoms with van der Waals surface area (Å²) >= 11 is 11.9. The zero-order valence-electron chi connectivity index (χ0n) is 11.8. The highest BCUT2D eigenvalue weighted by molar-refractivity contribution is 6.33. The molecule has 1 aromatic heterocycles. The number of β-amino-alcohol motifs (C(OH)–C–C–N with tert-alkyl or cyclic N) is 1. The Morgan fingerprint density at radius 3 is 2.91 bits per heavy atom. The van der Waals surface area contributed by atoms with E-state index in [9.17, 15) is 9.90 Å². The van der Waals surface area contributed by atoms with Crippen LogP contribution in [-0.2, 0) is 6.54 Å². The number of hydrogen-bond acceptors (Lipinski definition) is 4. The Balaban J connectivity index is 1.98. The summed E-state index contributed by atoms with van der Waals surface area (Å²) in [4.78, 5) is 21.9. The third-order valence-electron chi connectivity index (χ3n) is 3.46. The van der Waals surface area contributed by atoms with E-state index in [1.807, 2.05) is 12.1 Å². The number of halogens is 2. The lowest BCUT2D eigenvalue weighted by molar-refractivity contribution is 0.0672. The first-order chi connectivity index (χ1) is 10.5. The quantitative estimate of drug-likeness (QED) is 0.874. The SMILES string of the molecule is CC(O)CN1Cc2ccc(-c3nc(Cl)ncc3Cl)cc2C1=O. The molecular formula is C15H13Cl2N3O2. The lowest BCUT2D eigenvalue weighted by atomic mass is 10.0. The molecule has 5 nitrogen and oxygen atoms in total. The maximum atomic E-state index is 12.4. The van der Waals surface area contributed by atoms with Crippen LogP contribution in [0.3, 0.4) is 0 Å². The van der Waals surface area contributed by atoms with Crippen molar-refractivity contribution in [3.8, 4) is 11.3 Å². The highest BCUT2D eigenvalue weighted by Crippen LogP contribution is 2.31. The van der Waals surface area contributed by atoms with E-state index in [1.54, 1.807) is 17.9 Å². The van der Waals surface area contributed by atoms with E-state index in [4.69, 9.17) is 23.2 Å². The predicted molar refractivity (Wildman–Crippen MR) is 83.9 cm³/mol. The summed E-state index contributed by atoms with van der Waals surface area (Å²) in [5.41, 5.74) is 2.72. The number of benzene rings is 1. The van der Waals surface area contributed by atoms with Crippen LogP contribution in [0.25, 0.3) is 11.3 Å². The average molecular weight is 338 g/mol. The predicted octanol–water partition coefficient (Wildman–Crippen LogP) is 2.79. The van der Waals surface area contributed by atoms with Gasteiger partial charge in [0.25, 0.3) is 5.91 Å². The van der Waals surface area contributed by atoms with Crippen LogP contribution in [0.4, 0.5) is 0 Å². The fourth-order valence-electron chi connectivity index (χ4n) is 2.52. The third kappa shape index (κ3) is 2.79. The van der Waals surface area contributed by atoms with Gasteiger partial charge in [0, 0.05) is 24.2 Å². The van der Waals surface area contributed by atoms with Gasteiger partial charge in [0.05, 0.1) is 23.0 Å². The first-order valence-corrected chi connectivity index (χ1v) is 7.50. The maximum Gasteiger partial charge on any atom is 0.254 e. The molecule has 1 amide bonds. The number of carbonyl (C=O) groups is 1. The number of hydrogen-bond donors (Lipinski definition) is 1. The van der Waals surface area contributed by atoms with Crippen molar-refractivity contribution >= 4 is 29.1 Å². The lowest BCUT2D eigenvalue weighted by Gasteiger charge is -2.16. The molecule has 0 radical (unpaired) electrons. The molecule has 0 fully saturated rings. The Labute approximate surface area is 137 Å². The molecule has 2 aromatic rings. The number of aliphatic hydroxyl groups excluding tert-OH is 1. The van der Waals surface area contributed by atoms with E-state index < -0.39 is 6.10 Å². The molecule has 1 aliphatic rings. The van der Waals surface area contributed by atoms with Gasteiger partial charge < -0.3 is 10.0 Å². The number of aromatic nitrogens is 2. The van der Waals surface area contributed by atoms with Crippen molar-refractivity contribution in [3.63, 3.8) is 0 Å². The van der Waals surface area contributed by atoms with Crippen molar-refractivity contribution in [2.45, 2.75) is 19.6 Å². The summed E-state index contributed by atoms with van der Waals surface area (Å²) in [6, 6.07) is 5.48. The number of amides is 1. The Kier molecular flexibility index (Phi) is 4.04. The van der Waals surface area contributed by atoms with Crippen LogP contribution < -0.4 is 0 Å². The van der Waals surface area contributed by atoms with Gasteiger partial charge in [0.1, 0.15) is 0 Å². The first-order valence-electron chi connectivity index (χ1n) is 6.74. The van der Waals surface area contributed by atoms with E-state index in [1.165, 1.54) is 6.20 Å².